The van der Waals surface area contributed by atoms with Gasteiger partial charge in [0.25, 0.3) is 0 Å². The Balaban J connectivity index is 2.16. The van der Waals surface area contributed by atoms with Crippen molar-refractivity contribution in [1.82, 2.24) is 15.5 Å². The Morgan fingerprint density at radius 1 is 1.25 bits per heavy atom. The highest BCUT2D eigenvalue weighted by atomic mass is 15.2. The molecule has 96 valence electrons. The summed E-state index contributed by atoms with van der Waals surface area (Å²) in [5.74, 6) is 0. The van der Waals surface area contributed by atoms with E-state index in [-0.39, 0.29) is 0 Å². The van der Waals surface area contributed by atoms with Crippen molar-refractivity contribution in [3.05, 3.63) is 0 Å². The maximum absolute atomic E-state index is 3.57. The van der Waals surface area contributed by atoms with Crippen LogP contribution in [0.4, 0.5) is 0 Å². The summed E-state index contributed by atoms with van der Waals surface area (Å²) < 4.78 is 0. The van der Waals surface area contributed by atoms with Gasteiger partial charge in [0.2, 0.25) is 0 Å². The lowest BCUT2D eigenvalue weighted by atomic mass is 9.92. The second-order valence-corrected chi connectivity index (χ2v) is 5.72. The number of nitrogens with one attached hydrogen (secondary N) is 2. The lowest BCUT2D eigenvalue weighted by molar-refractivity contribution is 0.158. The smallest absolute Gasteiger partial charge is 0.0108 e. The highest BCUT2D eigenvalue weighted by molar-refractivity contribution is 4.78. The van der Waals surface area contributed by atoms with Crippen LogP contribution in [0.2, 0.25) is 0 Å². The molecule has 3 nitrogen and oxygen atoms in total. The molecule has 2 N–H and O–H groups in total. The summed E-state index contributed by atoms with van der Waals surface area (Å²) in [5, 5.41) is 6.98. The SMILES string of the molecule is CCCCNCC(C)(C)CN1CCNCC1. The minimum absolute atomic E-state index is 0.394. The Hall–Kier alpha value is -0.120. The van der Waals surface area contributed by atoms with Crippen LogP contribution in [0, 0.1) is 5.41 Å². The number of rotatable bonds is 7. The van der Waals surface area contributed by atoms with E-state index in [1.165, 1.54) is 39.0 Å². The first kappa shape index (κ1) is 13.9. The largest absolute Gasteiger partial charge is 0.316 e. The number of piperazine rings is 1. The van der Waals surface area contributed by atoms with E-state index in [0.717, 1.165) is 19.6 Å². The molecule has 1 aliphatic rings. The van der Waals surface area contributed by atoms with E-state index < -0.39 is 0 Å². The molecular weight excluding hydrogens is 198 g/mol. The third-order valence-corrected chi connectivity index (χ3v) is 3.17. The van der Waals surface area contributed by atoms with E-state index in [4.69, 9.17) is 0 Å². The zero-order valence-electron chi connectivity index (χ0n) is 11.3. The summed E-state index contributed by atoms with van der Waals surface area (Å²) in [4.78, 5) is 2.58. The van der Waals surface area contributed by atoms with Gasteiger partial charge in [0.15, 0.2) is 0 Å². The van der Waals surface area contributed by atoms with Crippen molar-refractivity contribution in [1.29, 1.82) is 0 Å². The van der Waals surface area contributed by atoms with Crippen LogP contribution in [-0.4, -0.2) is 50.7 Å². The fourth-order valence-electron chi connectivity index (χ4n) is 2.26. The van der Waals surface area contributed by atoms with Gasteiger partial charge in [-0.05, 0) is 18.4 Å². The Morgan fingerprint density at radius 3 is 2.56 bits per heavy atom. The van der Waals surface area contributed by atoms with Crippen molar-refractivity contribution in [2.75, 3.05) is 45.8 Å². The van der Waals surface area contributed by atoms with E-state index in [1.54, 1.807) is 0 Å². The molecule has 0 atom stereocenters. The Labute approximate surface area is 101 Å². The van der Waals surface area contributed by atoms with E-state index in [0.29, 0.717) is 5.41 Å². The van der Waals surface area contributed by atoms with Crippen LogP contribution in [0.15, 0.2) is 0 Å². The number of hydrogen-bond donors (Lipinski definition) is 2. The third-order valence-electron chi connectivity index (χ3n) is 3.17. The van der Waals surface area contributed by atoms with Crippen LogP contribution in [0.1, 0.15) is 33.6 Å². The minimum Gasteiger partial charge on any atom is -0.316 e. The molecule has 3 heteroatoms. The molecule has 1 heterocycles. The number of unbranched alkanes of at least 4 members (excludes halogenated alkanes) is 1. The zero-order chi connectivity index (χ0) is 11.9. The van der Waals surface area contributed by atoms with Gasteiger partial charge in [-0.25, -0.2) is 0 Å². The fourth-order valence-corrected chi connectivity index (χ4v) is 2.26. The van der Waals surface area contributed by atoms with Gasteiger partial charge in [-0.1, -0.05) is 27.2 Å². The molecule has 0 aliphatic carbocycles. The van der Waals surface area contributed by atoms with Crippen LogP contribution in [0.25, 0.3) is 0 Å². The van der Waals surface area contributed by atoms with Gasteiger partial charge in [0.1, 0.15) is 0 Å². The van der Waals surface area contributed by atoms with Gasteiger partial charge in [-0.2, -0.15) is 0 Å². The van der Waals surface area contributed by atoms with Crippen molar-refractivity contribution in [2.45, 2.75) is 33.6 Å². The first-order valence-electron chi connectivity index (χ1n) is 6.78. The summed E-state index contributed by atoms with van der Waals surface area (Å²) in [6, 6.07) is 0. The molecule has 0 aromatic rings. The standard InChI is InChI=1S/C13H29N3/c1-4-5-6-15-11-13(2,3)12-16-9-7-14-8-10-16/h14-15H,4-12H2,1-3H3. The van der Waals surface area contributed by atoms with Crippen LogP contribution in [0.3, 0.4) is 0 Å². The molecule has 0 saturated carbocycles. The van der Waals surface area contributed by atoms with Gasteiger partial charge < -0.3 is 15.5 Å². The van der Waals surface area contributed by atoms with Crippen molar-refractivity contribution in [3.63, 3.8) is 0 Å². The molecule has 1 fully saturated rings. The van der Waals surface area contributed by atoms with E-state index in [2.05, 4.69) is 36.3 Å². The molecule has 0 radical (unpaired) electrons. The second kappa shape index (κ2) is 7.25. The molecule has 0 amide bonds. The molecule has 0 bridgehead atoms. The summed E-state index contributed by atoms with van der Waals surface area (Å²) in [6.45, 7) is 15.2. The summed E-state index contributed by atoms with van der Waals surface area (Å²) in [5.41, 5.74) is 0.394. The number of hydrogen-bond acceptors (Lipinski definition) is 3. The molecule has 0 aromatic carbocycles. The normalized spacial score (nSPS) is 18.9. The fraction of sp³-hybridized carbons (Fsp3) is 1.00. The Kier molecular flexibility index (Phi) is 6.32. The number of nitrogens with zero attached hydrogens (tertiary/aromatic N) is 1. The lowest BCUT2D eigenvalue weighted by Crippen LogP contribution is -2.48. The van der Waals surface area contributed by atoms with Crippen molar-refractivity contribution in [3.8, 4) is 0 Å². The van der Waals surface area contributed by atoms with Gasteiger partial charge in [-0.15, -0.1) is 0 Å². The van der Waals surface area contributed by atoms with E-state index >= 15 is 0 Å². The Morgan fingerprint density at radius 2 is 1.94 bits per heavy atom. The summed E-state index contributed by atoms with van der Waals surface area (Å²) >= 11 is 0. The molecule has 1 aliphatic heterocycles. The van der Waals surface area contributed by atoms with Crippen LogP contribution in [-0.2, 0) is 0 Å². The molecule has 0 aromatic heterocycles. The summed E-state index contributed by atoms with van der Waals surface area (Å²) in [7, 11) is 0. The molecule has 0 unspecified atom stereocenters. The zero-order valence-corrected chi connectivity index (χ0v) is 11.3. The molecular formula is C13H29N3. The third kappa shape index (κ3) is 5.83. The first-order chi connectivity index (χ1) is 7.64. The summed E-state index contributed by atoms with van der Waals surface area (Å²) in [6.07, 6.45) is 2.58. The average molecular weight is 227 g/mol. The second-order valence-electron chi connectivity index (χ2n) is 5.72. The molecule has 16 heavy (non-hydrogen) atoms. The predicted octanol–water partition coefficient (Wildman–Crippen LogP) is 1.31. The van der Waals surface area contributed by atoms with E-state index in [1.807, 2.05) is 0 Å². The Bertz CT molecular complexity index is 174. The van der Waals surface area contributed by atoms with Gasteiger partial charge in [-0.3, -0.25) is 0 Å². The maximum atomic E-state index is 3.57. The molecule has 1 rings (SSSR count). The maximum Gasteiger partial charge on any atom is 0.0108 e. The lowest BCUT2D eigenvalue weighted by Gasteiger charge is -2.35. The minimum atomic E-state index is 0.394. The quantitative estimate of drug-likeness (QED) is 0.642. The monoisotopic (exact) mass is 227 g/mol. The van der Waals surface area contributed by atoms with Crippen LogP contribution >= 0.6 is 0 Å². The van der Waals surface area contributed by atoms with Crippen molar-refractivity contribution in [2.24, 2.45) is 5.41 Å². The highest BCUT2D eigenvalue weighted by Gasteiger charge is 2.22. The first-order valence-corrected chi connectivity index (χ1v) is 6.78. The van der Waals surface area contributed by atoms with Gasteiger partial charge in [0.05, 0.1) is 0 Å². The van der Waals surface area contributed by atoms with E-state index in [9.17, 15) is 0 Å². The van der Waals surface area contributed by atoms with Crippen LogP contribution in [0.5, 0.6) is 0 Å². The highest BCUT2D eigenvalue weighted by Crippen LogP contribution is 2.16. The van der Waals surface area contributed by atoms with Gasteiger partial charge >= 0.3 is 0 Å². The topological polar surface area (TPSA) is 27.3 Å². The molecule has 1 saturated heterocycles. The average Bonchev–Trinajstić information content (AvgIpc) is 2.25. The van der Waals surface area contributed by atoms with Gasteiger partial charge in [0, 0.05) is 39.3 Å². The van der Waals surface area contributed by atoms with Crippen LogP contribution < -0.4 is 10.6 Å². The van der Waals surface area contributed by atoms with Crippen molar-refractivity contribution >= 4 is 0 Å². The molecule has 0 spiro atoms. The predicted molar refractivity (Wildman–Crippen MR) is 70.9 cm³/mol. The van der Waals surface area contributed by atoms with Crippen molar-refractivity contribution < 1.29 is 0 Å².